The van der Waals surface area contributed by atoms with Crippen molar-refractivity contribution in [3.63, 3.8) is 0 Å². The van der Waals surface area contributed by atoms with Gasteiger partial charge in [-0.3, -0.25) is 0 Å². The lowest BCUT2D eigenvalue weighted by atomic mass is 9.85. The van der Waals surface area contributed by atoms with Crippen LogP contribution in [0.15, 0.2) is 0 Å². The van der Waals surface area contributed by atoms with Gasteiger partial charge in [0.05, 0.1) is 45.7 Å². The lowest BCUT2D eigenvalue weighted by Crippen LogP contribution is -3.18. The Morgan fingerprint density at radius 3 is 1.08 bits per heavy atom. The molecular formula is C11H28N2+2. The summed E-state index contributed by atoms with van der Waals surface area (Å²) in [5.41, 5.74) is 0.724. The van der Waals surface area contributed by atoms with Crippen LogP contribution in [0.3, 0.4) is 0 Å². The quantitative estimate of drug-likeness (QED) is 0.573. The Morgan fingerprint density at radius 2 is 0.923 bits per heavy atom. The van der Waals surface area contributed by atoms with E-state index in [1.54, 1.807) is 0 Å². The number of hydrogen-bond donors (Lipinski definition) is 2. The first kappa shape index (κ1) is 12.9. The largest absolute Gasteiger partial charge is 0.335 e. The summed E-state index contributed by atoms with van der Waals surface area (Å²) < 4.78 is 0. The maximum atomic E-state index is 2.34. The molecule has 0 saturated heterocycles. The normalized spacial score (nSPS) is 14.3. The summed E-state index contributed by atoms with van der Waals surface area (Å²) in [4.78, 5) is 3.06. The molecule has 0 bridgehead atoms. The van der Waals surface area contributed by atoms with Gasteiger partial charge in [0.25, 0.3) is 0 Å². The van der Waals surface area contributed by atoms with Crippen molar-refractivity contribution in [2.75, 3.05) is 28.2 Å². The van der Waals surface area contributed by atoms with Gasteiger partial charge in [-0.25, -0.2) is 0 Å². The molecule has 0 aromatic rings. The molecule has 0 radical (unpaired) electrons. The van der Waals surface area contributed by atoms with Crippen LogP contribution in [0.5, 0.6) is 0 Å². The lowest BCUT2D eigenvalue weighted by Gasteiger charge is -2.38. The molecule has 80 valence electrons. The van der Waals surface area contributed by atoms with Gasteiger partial charge in [-0.1, -0.05) is 0 Å². The van der Waals surface area contributed by atoms with Crippen molar-refractivity contribution in [3.05, 3.63) is 0 Å². The van der Waals surface area contributed by atoms with Crippen LogP contribution in [0.2, 0.25) is 0 Å². The van der Waals surface area contributed by atoms with Crippen LogP contribution in [-0.2, 0) is 0 Å². The van der Waals surface area contributed by atoms with Gasteiger partial charge in [0.15, 0.2) is 0 Å². The van der Waals surface area contributed by atoms with Gasteiger partial charge in [-0.2, -0.15) is 0 Å². The van der Waals surface area contributed by atoms with E-state index in [2.05, 4.69) is 55.9 Å². The first-order valence-electron chi connectivity index (χ1n) is 5.21. The standard InChI is InChI=1S/C11H26N2/c1-10(2,12(5)6)9-11(3,4)13(7)8/h9H2,1-8H3/p+2. The maximum Gasteiger partial charge on any atom is 0.0975 e. The molecule has 13 heavy (non-hydrogen) atoms. The summed E-state index contributed by atoms with van der Waals surface area (Å²) in [5, 5.41) is 0. The zero-order valence-corrected chi connectivity index (χ0v) is 10.7. The van der Waals surface area contributed by atoms with Gasteiger partial charge in [0, 0.05) is 0 Å². The number of rotatable bonds is 4. The average molecular weight is 188 g/mol. The topological polar surface area (TPSA) is 8.88 Å². The molecule has 0 rings (SSSR count). The Hall–Kier alpha value is -0.0800. The summed E-state index contributed by atoms with van der Waals surface area (Å²) in [6.07, 6.45) is 1.24. The third-order valence-corrected chi connectivity index (χ3v) is 3.59. The minimum atomic E-state index is 0.362. The lowest BCUT2D eigenvalue weighted by molar-refractivity contribution is -0.939. The molecule has 2 N–H and O–H groups in total. The average Bonchev–Trinajstić information content (AvgIpc) is 1.83. The second-order valence-electron chi connectivity index (χ2n) is 5.94. The van der Waals surface area contributed by atoms with Gasteiger partial charge in [0.1, 0.15) is 0 Å². The zero-order valence-electron chi connectivity index (χ0n) is 10.7. The number of quaternary nitrogens is 2. The van der Waals surface area contributed by atoms with E-state index in [4.69, 9.17) is 0 Å². The SMILES string of the molecule is C[NH+](C)C(C)(C)CC(C)(C)[NH+](C)C. The van der Waals surface area contributed by atoms with Gasteiger partial charge in [-0.15, -0.1) is 0 Å². The molecule has 0 spiro atoms. The Kier molecular flexibility index (Phi) is 3.95. The minimum absolute atomic E-state index is 0.362. The van der Waals surface area contributed by atoms with Crippen LogP contribution in [0, 0.1) is 0 Å². The van der Waals surface area contributed by atoms with Gasteiger partial charge in [0.2, 0.25) is 0 Å². The highest BCUT2D eigenvalue weighted by Gasteiger charge is 2.37. The monoisotopic (exact) mass is 188 g/mol. The molecule has 0 saturated carbocycles. The van der Waals surface area contributed by atoms with Crippen LogP contribution in [0.4, 0.5) is 0 Å². The summed E-state index contributed by atoms with van der Waals surface area (Å²) in [7, 11) is 8.95. The fourth-order valence-corrected chi connectivity index (χ4v) is 1.46. The zero-order chi connectivity index (χ0) is 10.9. The van der Waals surface area contributed by atoms with Crippen LogP contribution < -0.4 is 9.80 Å². The molecule has 0 atom stereocenters. The van der Waals surface area contributed by atoms with Crippen molar-refractivity contribution in [2.24, 2.45) is 0 Å². The first-order chi connectivity index (χ1) is 5.59. The van der Waals surface area contributed by atoms with E-state index in [0.717, 1.165) is 0 Å². The van der Waals surface area contributed by atoms with Crippen LogP contribution in [0.25, 0.3) is 0 Å². The molecule has 0 fully saturated rings. The summed E-state index contributed by atoms with van der Waals surface area (Å²) in [6, 6.07) is 0. The van der Waals surface area contributed by atoms with E-state index in [9.17, 15) is 0 Å². The highest BCUT2D eigenvalue weighted by molar-refractivity contribution is 4.77. The van der Waals surface area contributed by atoms with E-state index in [-0.39, 0.29) is 0 Å². The van der Waals surface area contributed by atoms with E-state index in [1.807, 2.05) is 0 Å². The second kappa shape index (κ2) is 3.97. The first-order valence-corrected chi connectivity index (χ1v) is 5.21. The van der Waals surface area contributed by atoms with Gasteiger partial charge >= 0.3 is 0 Å². The van der Waals surface area contributed by atoms with E-state index in [0.29, 0.717) is 11.1 Å². The van der Waals surface area contributed by atoms with E-state index in [1.165, 1.54) is 16.2 Å². The highest BCUT2D eigenvalue weighted by atomic mass is 15.2. The summed E-state index contributed by atoms with van der Waals surface area (Å²) in [6.45, 7) is 9.36. The maximum absolute atomic E-state index is 2.34. The third-order valence-electron chi connectivity index (χ3n) is 3.59. The Balaban J connectivity index is 4.42. The molecule has 0 aliphatic rings. The predicted octanol–water partition coefficient (Wildman–Crippen LogP) is -0.777. The van der Waals surface area contributed by atoms with Crippen LogP contribution in [0.1, 0.15) is 34.1 Å². The van der Waals surface area contributed by atoms with Gasteiger partial charge in [-0.05, 0) is 27.7 Å². The minimum Gasteiger partial charge on any atom is -0.335 e. The summed E-state index contributed by atoms with van der Waals surface area (Å²) >= 11 is 0. The molecule has 0 amide bonds. The molecule has 0 heterocycles. The Bertz CT molecular complexity index is 139. The molecule has 0 aromatic heterocycles. The van der Waals surface area contributed by atoms with Crippen molar-refractivity contribution >= 4 is 0 Å². The van der Waals surface area contributed by atoms with Gasteiger partial charge < -0.3 is 9.80 Å². The second-order valence-corrected chi connectivity index (χ2v) is 5.94. The smallest absolute Gasteiger partial charge is 0.0975 e. The molecule has 0 aromatic carbocycles. The van der Waals surface area contributed by atoms with Crippen molar-refractivity contribution in [1.29, 1.82) is 0 Å². The summed E-state index contributed by atoms with van der Waals surface area (Å²) in [5.74, 6) is 0. The predicted molar refractivity (Wildman–Crippen MR) is 58.4 cm³/mol. The number of hydrogen-bond acceptors (Lipinski definition) is 0. The van der Waals surface area contributed by atoms with Crippen molar-refractivity contribution in [3.8, 4) is 0 Å². The fourth-order valence-electron chi connectivity index (χ4n) is 1.46. The Labute approximate surface area is 83.9 Å². The molecule has 0 aliphatic carbocycles. The molecule has 0 unspecified atom stereocenters. The molecular weight excluding hydrogens is 160 g/mol. The van der Waals surface area contributed by atoms with Crippen molar-refractivity contribution in [2.45, 2.75) is 45.2 Å². The van der Waals surface area contributed by atoms with Crippen LogP contribution in [-0.4, -0.2) is 39.3 Å². The highest BCUT2D eigenvalue weighted by Crippen LogP contribution is 2.13. The number of nitrogens with one attached hydrogen (secondary N) is 2. The fraction of sp³-hybridized carbons (Fsp3) is 1.00. The molecule has 2 nitrogen and oxygen atoms in total. The Morgan fingerprint density at radius 1 is 0.692 bits per heavy atom. The van der Waals surface area contributed by atoms with Crippen molar-refractivity contribution < 1.29 is 9.80 Å². The van der Waals surface area contributed by atoms with E-state index < -0.39 is 0 Å². The van der Waals surface area contributed by atoms with E-state index >= 15 is 0 Å². The van der Waals surface area contributed by atoms with Crippen molar-refractivity contribution in [1.82, 2.24) is 0 Å². The third kappa shape index (κ3) is 3.65. The molecule has 0 aliphatic heterocycles. The van der Waals surface area contributed by atoms with Crippen LogP contribution >= 0.6 is 0 Å². The molecule has 2 heteroatoms.